The number of para-hydroxylation sites is 1. The summed E-state index contributed by atoms with van der Waals surface area (Å²) in [7, 11) is 1.69. The first-order valence-electron chi connectivity index (χ1n) is 8.60. The highest BCUT2D eigenvalue weighted by Crippen LogP contribution is 2.31. The molecule has 1 aliphatic rings. The van der Waals surface area contributed by atoms with Gasteiger partial charge in [0.2, 0.25) is 0 Å². The minimum absolute atomic E-state index is 0.0634. The van der Waals surface area contributed by atoms with E-state index in [1.54, 1.807) is 7.11 Å². The van der Waals surface area contributed by atoms with Crippen molar-refractivity contribution in [2.45, 2.75) is 18.9 Å². The number of hydrogen-bond acceptors (Lipinski definition) is 3. The van der Waals surface area contributed by atoms with Gasteiger partial charge in [-0.1, -0.05) is 30.3 Å². The second-order valence-corrected chi connectivity index (χ2v) is 7.05. The summed E-state index contributed by atoms with van der Waals surface area (Å²) < 4.78 is 6.36. The molecule has 2 aromatic carbocycles. The van der Waals surface area contributed by atoms with Crippen LogP contribution in [0.3, 0.4) is 0 Å². The number of likely N-dealkylation sites (tertiary alicyclic amines) is 1. The summed E-state index contributed by atoms with van der Waals surface area (Å²) in [5.41, 5.74) is 1.78. The fraction of sp³-hybridized carbons (Fsp3) is 0.350. The number of halogens is 1. The van der Waals surface area contributed by atoms with E-state index in [1.165, 1.54) is 12.8 Å². The Hall–Kier alpha value is -1.85. The zero-order valence-corrected chi connectivity index (χ0v) is 16.0. The number of nitrogens with one attached hydrogen (secondary N) is 1. The highest BCUT2D eigenvalue weighted by molar-refractivity contribution is 9.10. The molecule has 1 aliphatic heterocycles. The molecule has 132 valence electrons. The molecule has 1 saturated heterocycles. The van der Waals surface area contributed by atoms with Gasteiger partial charge in [-0.05, 0) is 60.1 Å². The van der Waals surface area contributed by atoms with Crippen molar-refractivity contribution < 1.29 is 9.53 Å². The highest BCUT2D eigenvalue weighted by atomic mass is 79.9. The maximum Gasteiger partial charge on any atom is 0.252 e. The summed E-state index contributed by atoms with van der Waals surface area (Å²) in [4.78, 5) is 15.0. The number of amides is 1. The Kier molecular flexibility index (Phi) is 6.10. The van der Waals surface area contributed by atoms with Crippen molar-refractivity contribution in [2.75, 3.05) is 26.7 Å². The minimum atomic E-state index is -0.0634. The zero-order valence-electron chi connectivity index (χ0n) is 14.4. The van der Waals surface area contributed by atoms with Crippen LogP contribution < -0.4 is 10.1 Å². The molecule has 1 atom stereocenters. The van der Waals surface area contributed by atoms with Crippen molar-refractivity contribution in [3.05, 3.63) is 64.1 Å². The van der Waals surface area contributed by atoms with Crippen LogP contribution >= 0.6 is 15.9 Å². The summed E-state index contributed by atoms with van der Waals surface area (Å²) in [6.07, 6.45) is 2.40. The van der Waals surface area contributed by atoms with Crippen LogP contribution in [0.4, 0.5) is 0 Å². The standard InChI is InChI=1S/C20H23BrN2O2/c1-25-19-11-5-3-9-16(19)18(23-12-6-7-13-23)14-22-20(24)15-8-2-4-10-17(15)21/h2-5,8-11,18H,6-7,12-14H2,1H3,(H,22,24). The van der Waals surface area contributed by atoms with Gasteiger partial charge in [0.05, 0.1) is 18.7 Å². The summed E-state index contributed by atoms with van der Waals surface area (Å²) in [6, 6.07) is 15.7. The van der Waals surface area contributed by atoms with Crippen LogP contribution in [0.1, 0.15) is 34.8 Å². The molecule has 0 radical (unpaired) electrons. The number of benzene rings is 2. The first kappa shape index (κ1) is 18.0. The summed E-state index contributed by atoms with van der Waals surface area (Å²) in [6.45, 7) is 2.65. The van der Waals surface area contributed by atoms with Crippen LogP contribution in [0.5, 0.6) is 5.75 Å². The monoisotopic (exact) mass is 402 g/mol. The van der Waals surface area contributed by atoms with Crippen LogP contribution in [0.25, 0.3) is 0 Å². The van der Waals surface area contributed by atoms with Crippen molar-refractivity contribution in [1.82, 2.24) is 10.2 Å². The van der Waals surface area contributed by atoms with Crippen LogP contribution in [-0.2, 0) is 0 Å². The smallest absolute Gasteiger partial charge is 0.252 e. The van der Waals surface area contributed by atoms with Crippen molar-refractivity contribution in [1.29, 1.82) is 0 Å². The van der Waals surface area contributed by atoms with Crippen molar-refractivity contribution >= 4 is 21.8 Å². The van der Waals surface area contributed by atoms with Crippen molar-refractivity contribution in [2.24, 2.45) is 0 Å². The molecular weight excluding hydrogens is 380 g/mol. The lowest BCUT2D eigenvalue weighted by atomic mass is 10.0. The van der Waals surface area contributed by atoms with Crippen LogP contribution in [-0.4, -0.2) is 37.6 Å². The topological polar surface area (TPSA) is 41.6 Å². The molecule has 0 aliphatic carbocycles. The molecule has 0 saturated carbocycles. The number of nitrogens with zero attached hydrogens (tertiary/aromatic N) is 1. The Bertz CT molecular complexity index is 729. The third kappa shape index (κ3) is 4.22. The minimum Gasteiger partial charge on any atom is -0.496 e. The second-order valence-electron chi connectivity index (χ2n) is 6.19. The Morgan fingerprint density at radius 2 is 1.84 bits per heavy atom. The fourth-order valence-corrected chi connectivity index (χ4v) is 3.83. The molecule has 0 spiro atoms. The zero-order chi connectivity index (χ0) is 17.6. The Balaban J connectivity index is 1.79. The number of methoxy groups -OCH3 is 1. The quantitative estimate of drug-likeness (QED) is 0.792. The van der Waals surface area contributed by atoms with E-state index in [4.69, 9.17) is 4.74 Å². The van der Waals surface area contributed by atoms with Gasteiger partial charge < -0.3 is 10.1 Å². The van der Waals surface area contributed by atoms with E-state index >= 15 is 0 Å². The van der Waals surface area contributed by atoms with Crippen LogP contribution in [0.2, 0.25) is 0 Å². The Morgan fingerprint density at radius 3 is 2.56 bits per heavy atom. The van der Waals surface area contributed by atoms with Crippen LogP contribution in [0, 0.1) is 0 Å². The van der Waals surface area contributed by atoms with E-state index in [-0.39, 0.29) is 11.9 Å². The van der Waals surface area contributed by atoms with Gasteiger partial charge in [-0.15, -0.1) is 0 Å². The first-order valence-corrected chi connectivity index (χ1v) is 9.39. The van der Waals surface area contributed by atoms with Gasteiger partial charge in [0.25, 0.3) is 5.91 Å². The average molecular weight is 403 g/mol. The normalized spacial score (nSPS) is 15.8. The molecule has 0 aromatic heterocycles. The van der Waals surface area contributed by atoms with Gasteiger partial charge in [0, 0.05) is 16.6 Å². The number of carbonyl (C=O) groups excluding carboxylic acids is 1. The lowest BCUT2D eigenvalue weighted by Crippen LogP contribution is -2.37. The fourth-order valence-electron chi connectivity index (χ4n) is 3.36. The van der Waals surface area contributed by atoms with Gasteiger partial charge in [0.15, 0.2) is 0 Å². The Morgan fingerprint density at radius 1 is 1.16 bits per heavy atom. The maximum atomic E-state index is 12.6. The summed E-state index contributed by atoms with van der Waals surface area (Å²) in [5.74, 6) is 0.807. The van der Waals surface area contributed by atoms with Crippen molar-refractivity contribution in [3.63, 3.8) is 0 Å². The predicted octanol–water partition coefficient (Wildman–Crippen LogP) is 4.02. The van der Waals surface area contributed by atoms with Gasteiger partial charge in [0.1, 0.15) is 5.75 Å². The van der Waals surface area contributed by atoms with E-state index in [2.05, 4.69) is 32.2 Å². The lowest BCUT2D eigenvalue weighted by Gasteiger charge is -2.29. The third-order valence-electron chi connectivity index (χ3n) is 4.65. The number of rotatable bonds is 6. The van der Waals surface area contributed by atoms with E-state index < -0.39 is 0 Å². The molecule has 1 unspecified atom stereocenters. The first-order chi connectivity index (χ1) is 12.2. The molecule has 4 nitrogen and oxygen atoms in total. The van der Waals surface area contributed by atoms with Gasteiger partial charge in [-0.2, -0.15) is 0 Å². The van der Waals surface area contributed by atoms with Crippen molar-refractivity contribution in [3.8, 4) is 5.75 Å². The molecule has 1 N–H and O–H groups in total. The highest BCUT2D eigenvalue weighted by Gasteiger charge is 2.26. The molecule has 25 heavy (non-hydrogen) atoms. The maximum absolute atomic E-state index is 12.6. The average Bonchev–Trinajstić information content (AvgIpc) is 3.17. The summed E-state index contributed by atoms with van der Waals surface area (Å²) >= 11 is 3.45. The number of carbonyl (C=O) groups is 1. The second kappa shape index (κ2) is 8.50. The SMILES string of the molecule is COc1ccccc1C(CNC(=O)c1ccccc1Br)N1CCCC1. The lowest BCUT2D eigenvalue weighted by molar-refractivity contribution is 0.0936. The molecule has 1 heterocycles. The molecule has 0 bridgehead atoms. The molecule has 5 heteroatoms. The third-order valence-corrected chi connectivity index (χ3v) is 5.35. The predicted molar refractivity (Wildman–Crippen MR) is 103 cm³/mol. The van der Waals surface area contributed by atoms with Crippen LogP contribution in [0.15, 0.2) is 53.0 Å². The Labute approximate surface area is 157 Å². The van der Waals surface area contributed by atoms with E-state index in [0.717, 1.165) is 28.9 Å². The molecule has 3 rings (SSSR count). The largest absolute Gasteiger partial charge is 0.496 e. The van der Waals surface area contributed by atoms with E-state index in [9.17, 15) is 4.79 Å². The van der Waals surface area contributed by atoms with Gasteiger partial charge >= 0.3 is 0 Å². The van der Waals surface area contributed by atoms with Gasteiger partial charge in [-0.3, -0.25) is 9.69 Å². The molecule has 2 aromatic rings. The van der Waals surface area contributed by atoms with E-state index in [1.807, 2.05) is 42.5 Å². The number of ether oxygens (including phenoxy) is 1. The molecular formula is C20H23BrN2O2. The van der Waals surface area contributed by atoms with E-state index in [0.29, 0.717) is 12.1 Å². The summed E-state index contributed by atoms with van der Waals surface area (Å²) in [5, 5.41) is 3.10. The number of hydrogen-bond donors (Lipinski definition) is 1. The molecule has 1 fully saturated rings. The van der Waals surface area contributed by atoms with Gasteiger partial charge in [-0.25, -0.2) is 0 Å². The molecule has 1 amide bonds.